The Bertz CT molecular complexity index is 370. The second kappa shape index (κ2) is 4.97. The van der Waals surface area contributed by atoms with E-state index in [0.717, 1.165) is 18.0 Å². The molecule has 0 spiro atoms. The zero-order chi connectivity index (χ0) is 11.5. The summed E-state index contributed by atoms with van der Waals surface area (Å²) in [4.78, 5) is 0. The maximum atomic E-state index is 5.30. The molecule has 0 saturated carbocycles. The van der Waals surface area contributed by atoms with Crippen LogP contribution < -0.4 is 14.8 Å². The van der Waals surface area contributed by atoms with Crippen LogP contribution in [0.15, 0.2) is 18.2 Å². The van der Waals surface area contributed by atoms with Gasteiger partial charge in [-0.25, -0.2) is 0 Å². The van der Waals surface area contributed by atoms with Crippen molar-refractivity contribution < 1.29 is 9.47 Å². The molecular weight excluding hydrogens is 222 g/mol. The largest absolute Gasteiger partial charge is 0.493 e. The van der Waals surface area contributed by atoms with E-state index < -0.39 is 0 Å². The summed E-state index contributed by atoms with van der Waals surface area (Å²) >= 11 is 1.94. The minimum Gasteiger partial charge on any atom is -0.493 e. The number of rotatable bonds is 3. The van der Waals surface area contributed by atoms with E-state index in [1.807, 2.05) is 23.9 Å². The van der Waals surface area contributed by atoms with E-state index in [-0.39, 0.29) is 0 Å². The van der Waals surface area contributed by atoms with Crippen LogP contribution in [0.1, 0.15) is 17.9 Å². The van der Waals surface area contributed by atoms with E-state index >= 15 is 0 Å². The van der Waals surface area contributed by atoms with Gasteiger partial charge in [0.25, 0.3) is 0 Å². The van der Waals surface area contributed by atoms with Crippen LogP contribution in [0.25, 0.3) is 0 Å². The lowest BCUT2D eigenvalue weighted by molar-refractivity contribution is 0.354. The summed E-state index contributed by atoms with van der Waals surface area (Å²) in [6.45, 7) is 3.29. The molecule has 1 fully saturated rings. The molecule has 2 unspecified atom stereocenters. The molecule has 0 bridgehead atoms. The number of hydrogen-bond donors (Lipinski definition) is 1. The molecule has 1 aromatic rings. The van der Waals surface area contributed by atoms with Gasteiger partial charge in [0.2, 0.25) is 0 Å². The maximum absolute atomic E-state index is 5.30. The van der Waals surface area contributed by atoms with Crippen molar-refractivity contribution in [3.63, 3.8) is 0 Å². The van der Waals surface area contributed by atoms with Crippen LogP contribution in [0.5, 0.6) is 11.5 Å². The van der Waals surface area contributed by atoms with Crippen LogP contribution in [-0.4, -0.2) is 26.0 Å². The second-order valence-electron chi connectivity index (χ2n) is 3.85. The fraction of sp³-hybridized carbons (Fsp3) is 0.500. The Hall–Kier alpha value is -0.870. The van der Waals surface area contributed by atoms with Gasteiger partial charge < -0.3 is 14.8 Å². The van der Waals surface area contributed by atoms with Crippen LogP contribution in [0.3, 0.4) is 0 Å². The SMILES string of the molecule is COc1ccc(C2NCC(C)S2)cc1OC. The van der Waals surface area contributed by atoms with Crippen molar-refractivity contribution in [2.24, 2.45) is 0 Å². The van der Waals surface area contributed by atoms with Crippen molar-refractivity contribution in [2.45, 2.75) is 17.5 Å². The average molecular weight is 239 g/mol. The summed E-state index contributed by atoms with van der Waals surface area (Å²) in [6, 6.07) is 6.09. The molecule has 0 amide bonds. The third-order valence-corrected chi connectivity index (χ3v) is 4.01. The van der Waals surface area contributed by atoms with Gasteiger partial charge >= 0.3 is 0 Å². The summed E-state index contributed by atoms with van der Waals surface area (Å²) < 4.78 is 10.5. The topological polar surface area (TPSA) is 30.5 Å². The first-order valence-corrected chi connectivity index (χ1v) is 6.29. The molecule has 16 heavy (non-hydrogen) atoms. The van der Waals surface area contributed by atoms with Crippen molar-refractivity contribution in [2.75, 3.05) is 20.8 Å². The molecule has 1 aromatic carbocycles. The van der Waals surface area contributed by atoms with Crippen molar-refractivity contribution in [1.29, 1.82) is 0 Å². The minimum atomic E-state index is 0.370. The first kappa shape index (κ1) is 11.6. The molecule has 4 heteroatoms. The molecule has 3 nitrogen and oxygen atoms in total. The summed E-state index contributed by atoms with van der Waals surface area (Å²) in [5.41, 5.74) is 1.24. The van der Waals surface area contributed by atoms with Gasteiger partial charge in [-0.05, 0) is 17.7 Å². The quantitative estimate of drug-likeness (QED) is 0.877. The lowest BCUT2D eigenvalue weighted by Gasteiger charge is -2.13. The van der Waals surface area contributed by atoms with Gasteiger partial charge in [0.1, 0.15) is 0 Å². The molecule has 1 aliphatic heterocycles. The Balaban J connectivity index is 2.22. The van der Waals surface area contributed by atoms with E-state index in [9.17, 15) is 0 Å². The molecule has 0 aromatic heterocycles. The second-order valence-corrected chi connectivity index (χ2v) is 5.40. The Labute approximate surface area is 101 Å². The van der Waals surface area contributed by atoms with Crippen LogP contribution >= 0.6 is 11.8 Å². The standard InChI is InChI=1S/C12H17NO2S/c1-8-7-13-12(16-8)9-4-5-10(14-2)11(6-9)15-3/h4-6,8,12-13H,7H2,1-3H3. The van der Waals surface area contributed by atoms with Crippen molar-refractivity contribution >= 4 is 11.8 Å². The molecule has 1 N–H and O–H groups in total. The number of methoxy groups -OCH3 is 2. The number of nitrogens with one attached hydrogen (secondary N) is 1. The normalized spacial score (nSPS) is 24.4. The predicted molar refractivity (Wildman–Crippen MR) is 67.3 cm³/mol. The van der Waals surface area contributed by atoms with Gasteiger partial charge in [0.05, 0.1) is 19.6 Å². The van der Waals surface area contributed by atoms with Gasteiger partial charge in [0, 0.05) is 11.8 Å². The van der Waals surface area contributed by atoms with Gasteiger partial charge in [-0.2, -0.15) is 0 Å². The fourth-order valence-electron chi connectivity index (χ4n) is 1.81. The Kier molecular flexibility index (Phi) is 3.61. The first-order chi connectivity index (χ1) is 7.74. The Morgan fingerprint density at radius 1 is 1.25 bits per heavy atom. The number of benzene rings is 1. The molecule has 1 heterocycles. The minimum absolute atomic E-state index is 0.370. The molecule has 0 radical (unpaired) electrons. The lowest BCUT2D eigenvalue weighted by Crippen LogP contribution is -2.13. The van der Waals surface area contributed by atoms with Crippen molar-refractivity contribution in [3.8, 4) is 11.5 Å². The van der Waals surface area contributed by atoms with E-state index in [1.54, 1.807) is 14.2 Å². The predicted octanol–water partition coefficient (Wildman–Crippen LogP) is 2.43. The van der Waals surface area contributed by atoms with Gasteiger partial charge in [-0.1, -0.05) is 13.0 Å². The van der Waals surface area contributed by atoms with Crippen molar-refractivity contribution in [3.05, 3.63) is 23.8 Å². The highest BCUT2D eigenvalue weighted by molar-refractivity contribution is 8.00. The molecule has 1 aliphatic rings. The maximum Gasteiger partial charge on any atom is 0.161 e. The first-order valence-electron chi connectivity index (χ1n) is 5.35. The van der Waals surface area contributed by atoms with Crippen molar-refractivity contribution in [1.82, 2.24) is 5.32 Å². The highest BCUT2D eigenvalue weighted by Gasteiger charge is 2.23. The lowest BCUT2D eigenvalue weighted by atomic mass is 10.2. The highest BCUT2D eigenvalue weighted by Crippen LogP contribution is 2.38. The highest BCUT2D eigenvalue weighted by atomic mass is 32.2. The fourth-order valence-corrected chi connectivity index (χ4v) is 2.97. The summed E-state index contributed by atoms with van der Waals surface area (Å²) in [7, 11) is 3.32. The molecular formula is C12H17NO2S. The molecule has 2 atom stereocenters. The summed E-state index contributed by atoms with van der Waals surface area (Å²) in [6.07, 6.45) is 0. The third kappa shape index (κ3) is 2.28. The zero-order valence-electron chi connectivity index (χ0n) is 9.82. The molecule has 1 saturated heterocycles. The van der Waals surface area contributed by atoms with E-state index in [4.69, 9.17) is 9.47 Å². The molecule has 88 valence electrons. The smallest absolute Gasteiger partial charge is 0.161 e. The van der Waals surface area contributed by atoms with E-state index in [2.05, 4.69) is 18.3 Å². The van der Waals surface area contributed by atoms with E-state index in [1.165, 1.54) is 5.56 Å². The number of ether oxygens (including phenoxy) is 2. The Morgan fingerprint density at radius 2 is 2.00 bits per heavy atom. The average Bonchev–Trinajstić information content (AvgIpc) is 2.75. The monoisotopic (exact) mass is 239 g/mol. The number of thioether (sulfide) groups is 1. The summed E-state index contributed by atoms with van der Waals surface area (Å²) in [5.74, 6) is 1.57. The van der Waals surface area contributed by atoms with E-state index in [0.29, 0.717) is 10.6 Å². The zero-order valence-corrected chi connectivity index (χ0v) is 10.6. The molecule has 0 aliphatic carbocycles. The van der Waals surface area contributed by atoms with Crippen LogP contribution in [-0.2, 0) is 0 Å². The van der Waals surface area contributed by atoms with Crippen LogP contribution in [0.4, 0.5) is 0 Å². The number of hydrogen-bond acceptors (Lipinski definition) is 4. The summed E-state index contributed by atoms with van der Waals surface area (Å²) in [5, 5.41) is 4.51. The Morgan fingerprint density at radius 3 is 2.56 bits per heavy atom. The van der Waals surface area contributed by atoms with Gasteiger partial charge in [-0.3, -0.25) is 0 Å². The van der Waals surface area contributed by atoms with Gasteiger partial charge in [-0.15, -0.1) is 11.8 Å². The van der Waals surface area contributed by atoms with Crippen LogP contribution in [0, 0.1) is 0 Å². The molecule has 2 rings (SSSR count). The van der Waals surface area contributed by atoms with Gasteiger partial charge in [0.15, 0.2) is 11.5 Å². The third-order valence-electron chi connectivity index (χ3n) is 2.67. The van der Waals surface area contributed by atoms with Crippen LogP contribution in [0.2, 0.25) is 0 Å².